The van der Waals surface area contributed by atoms with Crippen molar-refractivity contribution in [2.24, 2.45) is 7.05 Å². The predicted octanol–water partition coefficient (Wildman–Crippen LogP) is 3.49. The average molecular weight is 406 g/mol. The number of carbonyl (C=O) groups excluding carboxylic acids is 1. The molecule has 30 heavy (non-hydrogen) atoms. The molecule has 0 radical (unpaired) electrons. The highest BCUT2D eigenvalue weighted by Gasteiger charge is 2.20. The number of halogens is 1. The van der Waals surface area contributed by atoms with E-state index in [1.165, 1.54) is 22.9 Å². The van der Waals surface area contributed by atoms with Crippen LogP contribution in [-0.2, 0) is 11.8 Å². The van der Waals surface area contributed by atoms with Crippen molar-refractivity contribution in [2.45, 2.75) is 20.3 Å². The van der Waals surface area contributed by atoms with Crippen LogP contribution in [0.3, 0.4) is 0 Å². The van der Waals surface area contributed by atoms with Gasteiger partial charge < -0.3 is 15.0 Å². The zero-order valence-corrected chi connectivity index (χ0v) is 16.7. The molecule has 0 aliphatic rings. The maximum Gasteiger partial charge on any atom is 0.310 e. The number of esters is 1. The van der Waals surface area contributed by atoms with Crippen molar-refractivity contribution in [3.8, 4) is 16.9 Å². The number of carbonyl (C=O) groups is 1. The Hall–Kier alpha value is -3.81. The number of nitrogen functional groups attached to an aromatic ring is 1. The van der Waals surface area contributed by atoms with Crippen LogP contribution >= 0.6 is 0 Å². The van der Waals surface area contributed by atoms with Crippen molar-refractivity contribution in [3.05, 3.63) is 58.3 Å². The molecule has 4 rings (SSSR count). The molecule has 0 aliphatic heterocycles. The number of aromatic nitrogens is 3. The van der Waals surface area contributed by atoms with Gasteiger partial charge in [-0.05, 0) is 42.8 Å². The molecule has 152 valence electrons. The maximum absolute atomic E-state index is 13.9. The molecule has 0 atom stereocenters. The molecular weight excluding hydrogens is 387 g/mol. The highest BCUT2D eigenvalue weighted by molar-refractivity contribution is 5.99. The Bertz CT molecular complexity index is 1400. The first-order chi connectivity index (χ1) is 14.3. The second kappa shape index (κ2) is 7.22. The zero-order chi connectivity index (χ0) is 21.6. The minimum Gasteiger partial charge on any atom is -0.424 e. The van der Waals surface area contributed by atoms with Crippen LogP contribution in [0.25, 0.3) is 33.1 Å². The van der Waals surface area contributed by atoms with E-state index in [-0.39, 0.29) is 23.5 Å². The number of rotatable bonds is 3. The fourth-order valence-corrected chi connectivity index (χ4v) is 3.56. The molecule has 4 aromatic rings. The average Bonchev–Trinajstić information content (AvgIpc) is 2.73. The first-order valence-electron chi connectivity index (χ1n) is 9.37. The Morgan fingerprint density at radius 3 is 2.73 bits per heavy atom. The van der Waals surface area contributed by atoms with E-state index in [2.05, 4.69) is 9.97 Å². The first kappa shape index (κ1) is 19.5. The van der Waals surface area contributed by atoms with E-state index in [0.717, 1.165) is 0 Å². The van der Waals surface area contributed by atoms with E-state index in [9.17, 15) is 14.0 Å². The third kappa shape index (κ3) is 3.06. The summed E-state index contributed by atoms with van der Waals surface area (Å²) in [5.41, 5.74) is 8.28. The summed E-state index contributed by atoms with van der Waals surface area (Å²) in [4.78, 5) is 33.7. The van der Waals surface area contributed by atoms with E-state index < -0.39 is 11.8 Å². The van der Waals surface area contributed by atoms with Crippen LogP contribution < -0.4 is 16.0 Å². The van der Waals surface area contributed by atoms with Gasteiger partial charge in [-0.25, -0.2) is 14.4 Å². The van der Waals surface area contributed by atoms with Crippen molar-refractivity contribution >= 4 is 33.7 Å². The number of nitrogens with two attached hydrogens (primary N) is 1. The summed E-state index contributed by atoms with van der Waals surface area (Å²) in [5, 5.41) is 0.610. The molecule has 0 saturated heterocycles. The van der Waals surface area contributed by atoms with Crippen molar-refractivity contribution < 1.29 is 13.9 Å². The molecule has 0 aliphatic carbocycles. The number of fused-ring (bicyclic) bond motifs is 2. The summed E-state index contributed by atoms with van der Waals surface area (Å²) < 4.78 is 20.8. The third-order valence-electron chi connectivity index (χ3n) is 5.08. The number of pyridine rings is 1. The van der Waals surface area contributed by atoms with Gasteiger partial charge in [0, 0.05) is 24.4 Å². The summed E-state index contributed by atoms with van der Waals surface area (Å²) in [7, 11) is 1.63. The fourth-order valence-electron chi connectivity index (χ4n) is 3.56. The molecule has 2 heterocycles. The lowest BCUT2D eigenvalue weighted by atomic mass is 9.96. The molecule has 0 amide bonds. The molecule has 0 unspecified atom stereocenters. The second-order valence-electron chi connectivity index (χ2n) is 6.96. The van der Waals surface area contributed by atoms with Crippen molar-refractivity contribution in [3.63, 3.8) is 0 Å². The van der Waals surface area contributed by atoms with Gasteiger partial charge in [0.1, 0.15) is 22.7 Å². The number of anilines is 1. The number of aryl methyl sites for hydroxylation is 2. The number of nitrogens with zero attached hydrogens (tertiary/aromatic N) is 3. The molecule has 7 nitrogen and oxygen atoms in total. The van der Waals surface area contributed by atoms with Crippen LogP contribution in [0.1, 0.15) is 18.9 Å². The summed E-state index contributed by atoms with van der Waals surface area (Å²) in [6.45, 7) is 3.44. The number of hydrogen-bond acceptors (Lipinski definition) is 6. The van der Waals surface area contributed by atoms with Gasteiger partial charge in [-0.15, -0.1) is 0 Å². The van der Waals surface area contributed by atoms with Crippen molar-refractivity contribution in [1.29, 1.82) is 0 Å². The lowest BCUT2D eigenvalue weighted by Gasteiger charge is -2.15. The Morgan fingerprint density at radius 1 is 1.23 bits per heavy atom. The quantitative estimate of drug-likeness (QED) is 0.413. The zero-order valence-electron chi connectivity index (χ0n) is 16.7. The highest BCUT2D eigenvalue weighted by atomic mass is 19.1. The van der Waals surface area contributed by atoms with Crippen LogP contribution in [-0.4, -0.2) is 20.5 Å². The van der Waals surface area contributed by atoms with E-state index in [4.69, 9.17) is 10.5 Å². The van der Waals surface area contributed by atoms with Gasteiger partial charge in [-0.1, -0.05) is 6.92 Å². The smallest absolute Gasteiger partial charge is 0.310 e. The second-order valence-corrected chi connectivity index (χ2v) is 6.96. The Labute approximate surface area is 170 Å². The van der Waals surface area contributed by atoms with Gasteiger partial charge in [0.2, 0.25) is 0 Å². The minimum atomic E-state index is -0.420. The molecule has 0 bridgehead atoms. The molecule has 2 N–H and O–H groups in total. The third-order valence-corrected chi connectivity index (χ3v) is 5.08. The molecule has 0 fully saturated rings. The first-order valence-corrected chi connectivity index (χ1v) is 9.37. The van der Waals surface area contributed by atoms with Crippen molar-refractivity contribution in [2.75, 3.05) is 5.73 Å². The Balaban J connectivity index is 2.09. The Kier molecular flexibility index (Phi) is 4.69. The van der Waals surface area contributed by atoms with E-state index in [1.54, 1.807) is 39.1 Å². The lowest BCUT2D eigenvalue weighted by Crippen LogP contribution is -2.21. The summed E-state index contributed by atoms with van der Waals surface area (Å²) in [5.74, 6) is -0.430. The van der Waals surface area contributed by atoms with Crippen LogP contribution in [0.5, 0.6) is 5.75 Å². The molecule has 2 aromatic carbocycles. The van der Waals surface area contributed by atoms with E-state index >= 15 is 0 Å². The van der Waals surface area contributed by atoms with Gasteiger partial charge >= 0.3 is 5.97 Å². The van der Waals surface area contributed by atoms with E-state index in [1.807, 2.05) is 0 Å². The van der Waals surface area contributed by atoms with Gasteiger partial charge in [-0.2, -0.15) is 0 Å². The van der Waals surface area contributed by atoms with Gasteiger partial charge in [0.25, 0.3) is 5.56 Å². The minimum absolute atomic E-state index is 0.157. The topological polar surface area (TPSA) is 100 Å². The van der Waals surface area contributed by atoms with Crippen LogP contribution in [0.15, 0.2) is 41.3 Å². The van der Waals surface area contributed by atoms with Crippen LogP contribution in [0.2, 0.25) is 0 Å². The summed E-state index contributed by atoms with van der Waals surface area (Å²) >= 11 is 0. The van der Waals surface area contributed by atoms with E-state index in [0.29, 0.717) is 38.6 Å². The SMILES string of the molecule is CCC(=O)Oc1ccc(-c2c(C)c3cc(F)ccc3n(C)c2=O)c2nc(N)cnc12. The molecule has 0 spiro atoms. The van der Waals surface area contributed by atoms with Gasteiger partial charge in [0.15, 0.2) is 5.75 Å². The van der Waals surface area contributed by atoms with Crippen LogP contribution in [0.4, 0.5) is 10.2 Å². The maximum atomic E-state index is 13.9. The predicted molar refractivity (Wildman–Crippen MR) is 113 cm³/mol. The summed E-state index contributed by atoms with van der Waals surface area (Å²) in [6, 6.07) is 7.51. The fraction of sp³-hybridized carbons (Fsp3) is 0.182. The molecule has 8 heteroatoms. The van der Waals surface area contributed by atoms with Gasteiger partial charge in [-0.3, -0.25) is 9.59 Å². The largest absolute Gasteiger partial charge is 0.424 e. The summed E-state index contributed by atoms with van der Waals surface area (Å²) in [6.07, 6.45) is 1.55. The number of hydrogen-bond donors (Lipinski definition) is 1. The monoisotopic (exact) mass is 406 g/mol. The Morgan fingerprint density at radius 2 is 2.00 bits per heavy atom. The van der Waals surface area contributed by atoms with Crippen LogP contribution in [0, 0.1) is 12.7 Å². The molecular formula is C22H19FN4O3. The lowest BCUT2D eigenvalue weighted by molar-refractivity contribution is -0.133. The number of benzene rings is 2. The highest BCUT2D eigenvalue weighted by Crippen LogP contribution is 2.34. The normalized spacial score (nSPS) is 11.2. The molecule has 0 saturated carbocycles. The van der Waals surface area contributed by atoms with Gasteiger partial charge in [0.05, 0.1) is 17.3 Å². The molecule has 2 aromatic heterocycles. The van der Waals surface area contributed by atoms with Crippen molar-refractivity contribution in [1.82, 2.24) is 14.5 Å². The standard InChI is InChI=1S/C22H19FN4O3/c1-4-18(28)30-16-8-6-13(20-21(16)25-10-17(24)26-20)19-11(2)14-9-12(23)5-7-15(14)27(3)22(19)29/h5-10H,4H2,1-3H3,(H2,24,26). The number of ether oxygens (including phenoxy) is 1.